The Kier molecular flexibility index (Phi) is 8.47. The van der Waals surface area contributed by atoms with E-state index < -0.39 is 58.3 Å². The first kappa shape index (κ1) is 25.1. The van der Waals surface area contributed by atoms with Gasteiger partial charge in [0, 0.05) is 29.6 Å². The topological polar surface area (TPSA) is 111 Å². The Labute approximate surface area is 185 Å². The van der Waals surface area contributed by atoms with Crippen molar-refractivity contribution in [1.82, 2.24) is 0 Å². The van der Waals surface area contributed by atoms with E-state index in [1.165, 1.54) is 19.9 Å². The molecule has 0 aliphatic carbocycles. The van der Waals surface area contributed by atoms with Crippen molar-refractivity contribution in [3.05, 3.63) is 39.2 Å². The van der Waals surface area contributed by atoms with Gasteiger partial charge in [-0.05, 0) is 23.7 Å². The van der Waals surface area contributed by atoms with Gasteiger partial charge >= 0.3 is 18.1 Å². The molecule has 1 heterocycles. The Morgan fingerprint density at radius 3 is 2.52 bits per heavy atom. The number of carbonyl (C=O) groups excluding carboxylic acids is 2. The molecular formula is C18H19ClF3N3O5S. The molecule has 8 nitrogen and oxygen atoms in total. The second kappa shape index (κ2) is 10.4. The Hall–Kier alpha value is -2.14. The normalized spacial score (nSPS) is 26.0. The van der Waals surface area contributed by atoms with Gasteiger partial charge in [-0.25, -0.2) is 0 Å². The molecule has 13 heteroatoms. The summed E-state index contributed by atoms with van der Waals surface area (Å²) in [5, 5.41) is 3.26. The van der Waals surface area contributed by atoms with Gasteiger partial charge < -0.3 is 14.2 Å². The highest BCUT2D eigenvalue weighted by Crippen LogP contribution is 2.42. The molecule has 31 heavy (non-hydrogen) atoms. The highest BCUT2D eigenvalue weighted by Gasteiger charge is 2.46. The number of halogens is 4. The minimum atomic E-state index is -4.59. The van der Waals surface area contributed by atoms with E-state index in [-0.39, 0.29) is 6.61 Å². The number of alkyl halides is 3. The Morgan fingerprint density at radius 2 is 2.00 bits per heavy atom. The minimum Gasteiger partial charge on any atom is -0.463 e. The predicted octanol–water partition coefficient (Wildman–Crippen LogP) is 4.99. The third kappa shape index (κ3) is 6.67. The average Bonchev–Trinajstić information content (AvgIpc) is 2.64. The number of esters is 2. The fourth-order valence-electron chi connectivity index (χ4n) is 3.02. The fraction of sp³-hybridized carbons (Fsp3) is 0.556. The van der Waals surface area contributed by atoms with Crippen LogP contribution < -0.4 is 0 Å². The molecule has 0 amide bonds. The van der Waals surface area contributed by atoms with Gasteiger partial charge in [-0.15, -0.1) is 0 Å². The Morgan fingerprint density at radius 1 is 1.32 bits per heavy atom. The maximum Gasteiger partial charge on any atom is 0.417 e. The largest absolute Gasteiger partial charge is 0.463 e. The van der Waals surface area contributed by atoms with Crippen LogP contribution in [0.15, 0.2) is 28.2 Å². The van der Waals surface area contributed by atoms with E-state index in [0.29, 0.717) is 4.90 Å². The standard InChI is InChI=1S/C18H19ClF3N3O5S/c1-8-15(24-25-23)16(29-10(3)27)14(7-28-9(2)26)30-17(8)31-11-4-5-12(13(19)6-11)18(20,21)22/h4-6,8,14-17H,7H2,1-3H3/t8?,14?,15-,16+,17-/m1/s1. The lowest BCUT2D eigenvalue weighted by Gasteiger charge is -2.43. The van der Waals surface area contributed by atoms with Gasteiger partial charge in [-0.2, -0.15) is 13.2 Å². The molecule has 1 aliphatic heterocycles. The van der Waals surface area contributed by atoms with Crippen LogP contribution in [-0.2, 0) is 30.0 Å². The summed E-state index contributed by atoms with van der Waals surface area (Å²) < 4.78 is 55.0. The van der Waals surface area contributed by atoms with E-state index in [0.717, 1.165) is 23.9 Å². The number of benzene rings is 1. The maximum atomic E-state index is 12.9. The molecule has 0 aromatic heterocycles. The van der Waals surface area contributed by atoms with Crippen molar-refractivity contribution in [2.75, 3.05) is 6.61 Å². The molecule has 0 bridgehead atoms. The van der Waals surface area contributed by atoms with Gasteiger partial charge in [0.2, 0.25) is 0 Å². The first-order chi connectivity index (χ1) is 14.4. The van der Waals surface area contributed by atoms with Crippen LogP contribution in [0, 0.1) is 5.92 Å². The number of thioether (sulfide) groups is 1. The summed E-state index contributed by atoms with van der Waals surface area (Å²) in [6.07, 6.45) is -6.56. The molecule has 1 aromatic rings. The molecule has 1 aliphatic rings. The van der Waals surface area contributed by atoms with Gasteiger partial charge in [-0.1, -0.05) is 35.4 Å². The summed E-state index contributed by atoms with van der Waals surface area (Å²) in [6.45, 7) is 3.77. The van der Waals surface area contributed by atoms with Crippen molar-refractivity contribution in [2.45, 2.75) is 55.5 Å². The molecule has 1 aromatic carbocycles. The minimum absolute atomic E-state index is 0.276. The van der Waals surface area contributed by atoms with Gasteiger partial charge in [0.1, 0.15) is 24.3 Å². The number of carbonyl (C=O) groups is 2. The first-order valence-corrected chi connectivity index (χ1v) is 10.2. The summed E-state index contributed by atoms with van der Waals surface area (Å²) >= 11 is 6.84. The van der Waals surface area contributed by atoms with E-state index in [2.05, 4.69) is 10.0 Å². The molecule has 0 N–H and O–H groups in total. The van der Waals surface area contributed by atoms with Gasteiger partial charge in [0.15, 0.2) is 0 Å². The van der Waals surface area contributed by atoms with E-state index in [9.17, 15) is 22.8 Å². The molecule has 5 atom stereocenters. The lowest BCUT2D eigenvalue weighted by atomic mass is 9.91. The molecule has 1 saturated heterocycles. The van der Waals surface area contributed by atoms with E-state index in [1.54, 1.807) is 6.92 Å². The smallest absolute Gasteiger partial charge is 0.417 e. The van der Waals surface area contributed by atoms with Crippen molar-refractivity contribution in [1.29, 1.82) is 0 Å². The summed E-state index contributed by atoms with van der Waals surface area (Å²) in [4.78, 5) is 26.0. The molecule has 0 radical (unpaired) electrons. The highest BCUT2D eigenvalue weighted by atomic mass is 35.5. The number of nitrogens with zero attached hydrogens (tertiary/aromatic N) is 3. The van der Waals surface area contributed by atoms with Crippen molar-refractivity contribution in [3.8, 4) is 0 Å². The third-order valence-electron chi connectivity index (χ3n) is 4.42. The van der Waals surface area contributed by atoms with Gasteiger partial charge in [-0.3, -0.25) is 9.59 Å². The van der Waals surface area contributed by atoms with Crippen molar-refractivity contribution in [2.24, 2.45) is 11.0 Å². The van der Waals surface area contributed by atoms with Crippen LogP contribution in [0.25, 0.3) is 10.4 Å². The SMILES string of the molecule is CC(=O)OCC1O[C@H](Sc2ccc(C(F)(F)F)c(Cl)c2)C(C)[C@@H](N=[N+]=[N-])[C@H]1OC(C)=O. The number of hydrogen-bond donors (Lipinski definition) is 0. The summed E-state index contributed by atoms with van der Waals surface area (Å²) in [7, 11) is 0. The van der Waals surface area contributed by atoms with Crippen molar-refractivity contribution in [3.63, 3.8) is 0 Å². The summed E-state index contributed by atoms with van der Waals surface area (Å²) in [6, 6.07) is 2.40. The van der Waals surface area contributed by atoms with Crippen LogP contribution in [0.1, 0.15) is 26.3 Å². The first-order valence-electron chi connectivity index (χ1n) is 8.97. The number of hydrogen-bond acceptors (Lipinski definition) is 7. The molecule has 170 valence electrons. The van der Waals surface area contributed by atoms with Crippen LogP contribution >= 0.6 is 23.4 Å². The number of rotatable bonds is 6. The van der Waals surface area contributed by atoms with Crippen LogP contribution in [0.2, 0.25) is 5.02 Å². The Balaban J connectivity index is 2.32. The number of azide groups is 1. The van der Waals surface area contributed by atoms with Crippen LogP contribution in [-0.4, -0.2) is 42.2 Å². The van der Waals surface area contributed by atoms with Crippen LogP contribution in [0.3, 0.4) is 0 Å². The fourth-order valence-corrected chi connectivity index (χ4v) is 4.55. The van der Waals surface area contributed by atoms with E-state index in [1.807, 2.05) is 0 Å². The second-order valence-electron chi connectivity index (χ2n) is 6.73. The molecule has 0 saturated carbocycles. The zero-order chi connectivity index (χ0) is 23.3. The number of ether oxygens (including phenoxy) is 3. The van der Waals surface area contributed by atoms with E-state index in [4.69, 9.17) is 31.3 Å². The predicted molar refractivity (Wildman–Crippen MR) is 105 cm³/mol. The third-order valence-corrected chi connectivity index (χ3v) is 6.03. The second-order valence-corrected chi connectivity index (χ2v) is 8.31. The monoisotopic (exact) mass is 481 g/mol. The zero-order valence-electron chi connectivity index (χ0n) is 16.6. The molecular weight excluding hydrogens is 463 g/mol. The lowest BCUT2D eigenvalue weighted by Crippen LogP contribution is -2.55. The molecule has 2 rings (SSSR count). The van der Waals surface area contributed by atoms with Gasteiger partial charge in [0.25, 0.3) is 0 Å². The lowest BCUT2D eigenvalue weighted by molar-refractivity contribution is -0.182. The maximum absolute atomic E-state index is 12.9. The summed E-state index contributed by atoms with van der Waals surface area (Å²) in [5.41, 5.74) is 7.28. The Bertz CT molecular complexity index is 881. The molecule has 1 fully saturated rings. The van der Waals surface area contributed by atoms with Crippen molar-refractivity contribution >= 4 is 35.3 Å². The molecule has 2 unspecified atom stereocenters. The zero-order valence-corrected chi connectivity index (χ0v) is 18.2. The van der Waals surface area contributed by atoms with Crippen LogP contribution in [0.5, 0.6) is 0 Å². The van der Waals surface area contributed by atoms with Crippen molar-refractivity contribution < 1.29 is 37.0 Å². The van der Waals surface area contributed by atoms with Gasteiger partial charge in [0.05, 0.1) is 16.6 Å². The summed E-state index contributed by atoms with van der Waals surface area (Å²) in [5.74, 6) is -1.75. The van der Waals surface area contributed by atoms with Crippen LogP contribution in [0.4, 0.5) is 13.2 Å². The van der Waals surface area contributed by atoms with E-state index >= 15 is 0 Å². The quantitative estimate of drug-likeness (QED) is 0.245. The highest BCUT2D eigenvalue weighted by molar-refractivity contribution is 7.99. The average molecular weight is 482 g/mol. The molecule has 0 spiro atoms.